The molecule has 0 N–H and O–H groups in total. The van der Waals surface area contributed by atoms with Crippen LogP contribution in [-0.2, 0) is 6.54 Å². The van der Waals surface area contributed by atoms with Crippen molar-refractivity contribution in [3.8, 4) is 11.3 Å². The Hall–Kier alpha value is -3.28. The Kier molecular flexibility index (Phi) is 3.85. The molecular formula is C19H18N6. The molecule has 0 atom stereocenters. The Morgan fingerprint density at radius 1 is 1.00 bits per heavy atom. The number of para-hydroxylation sites is 1. The summed E-state index contributed by atoms with van der Waals surface area (Å²) in [7, 11) is 3.94. The first-order valence-electron chi connectivity index (χ1n) is 8.06. The number of rotatable bonds is 4. The highest BCUT2D eigenvalue weighted by Crippen LogP contribution is 2.18. The Morgan fingerprint density at radius 2 is 1.88 bits per heavy atom. The highest BCUT2D eigenvalue weighted by Gasteiger charge is 2.06. The average Bonchev–Trinajstić information content (AvgIpc) is 3.10. The second-order valence-corrected chi connectivity index (χ2v) is 6.14. The quantitative estimate of drug-likeness (QED) is 0.576. The number of hydrogen-bond donors (Lipinski definition) is 0. The van der Waals surface area contributed by atoms with Gasteiger partial charge in [0, 0.05) is 37.4 Å². The van der Waals surface area contributed by atoms with Crippen molar-refractivity contribution in [3.05, 3.63) is 66.6 Å². The highest BCUT2D eigenvalue weighted by atomic mass is 15.4. The number of anilines is 1. The third kappa shape index (κ3) is 3.19. The standard InChI is InChI=1S/C19H18N6/c1-24(2)19-8-7-16(11-21-19)18-13-25(23-22-18)12-14-9-15-5-3-4-6-17(15)20-10-14/h3-11,13H,12H2,1-2H3. The molecule has 1 aromatic carbocycles. The van der Waals surface area contributed by atoms with Crippen LogP contribution in [0.3, 0.4) is 0 Å². The lowest BCUT2D eigenvalue weighted by Gasteiger charge is -2.10. The van der Waals surface area contributed by atoms with Crippen LogP contribution in [0.1, 0.15) is 5.56 Å². The molecule has 0 aliphatic rings. The van der Waals surface area contributed by atoms with E-state index in [1.807, 2.05) is 72.6 Å². The van der Waals surface area contributed by atoms with E-state index >= 15 is 0 Å². The second kappa shape index (κ2) is 6.32. The van der Waals surface area contributed by atoms with Crippen LogP contribution >= 0.6 is 0 Å². The lowest BCUT2D eigenvalue weighted by molar-refractivity contribution is 0.649. The Balaban J connectivity index is 1.56. The van der Waals surface area contributed by atoms with Crippen LogP contribution in [0.4, 0.5) is 5.82 Å². The monoisotopic (exact) mass is 330 g/mol. The highest BCUT2D eigenvalue weighted by molar-refractivity contribution is 5.78. The summed E-state index contributed by atoms with van der Waals surface area (Å²) in [5.74, 6) is 0.915. The van der Waals surface area contributed by atoms with Crippen molar-refractivity contribution in [3.63, 3.8) is 0 Å². The van der Waals surface area contributed by atoms with Gasteiger partial charge < -0.3 is 4.90 Å². The first-order valence-corrected chi connectivity index (χ1v) is 8.06. The molecule has 0 unspecified atom stereocenters. The minimum atomic E-state index is 0.633. The zero-order valence-electron chi connectivity index (χ0n) is 14.2. The molecule has 0 radical (unpaired) electrons. The van der Waals surface area contributed by atoms with Gasteiger partial charge in [0.05, 0.1) is 18.3 Å². The number of nitrogens with zero attached hydrogens (tertiary/aromatic N) is 6. The van der Waals surface area contributed by atoms with Gasteiger partial charge in [-0.05, 0) is 29.8 Å². The van der Waals surface area contributed by atoms with E-state index in [0.29, 0.717) is 6.54 Å². The molecule has 25 heavy (non-hydrogen) atoms. The fourth-order valence-electron chi connectivity index (χ4n) is 2.70. The van der Waals surface area contributed by atoms with Gasteiger partial charge >= 0.3 is 0 Å². The molecule has 0 saturated heterocycles. The summed E-state index contributed by atoms with van der Waals surface area (Å²) < 4.78 is 1.82. The first-order chi connectivity index (χ1) is 12.2. The van der Waals surface area contributed by atoms with Crippen LogP contribution in [0.5, 0.6) is 0 Å². The zero-order valence-corrected chi connectivity index (χ0v) is 14.2. The van der Waals surface area contributed by atoms with E-state index in [2.05, 4.69) is 32.4 Å². The predicted octanol–water partition coefficient (Wildman–Crippen LogP) is 3.00. The van der Waals surface area contributed by atoms with E-state index in [4.69, 9.17) is 0 Å². The molecule has 0 bridgehead atoms. The molecule has 0 aliphatic carbocycles. The number of aromatic nitrogens is 5. The summed E-state index contributed by atoms with van der Waals surface area (Å²) in [6.45, 7) is 0.633. The van der Waals surface area contributed by atoms with Gasteiger partial charge in [-0.15, -0.1) is 5.10 Å². The molecule has 4 rings (SSSR count). The van der Waals surface area contributed by atoms with Crippen molar-refractivity contribution in [2.45, 2.75) is 6.54 Å². The Morgan fingerprint density at radius 3 is 2.68 bits per heavy atom. The molecule has 0 amide bonds. The van der Waals surface area contributed by atoms with Crippen molar-refractivity contribution in [2.24, 2.45) is 0 Å². The fourth-order valence-corrected chi connectivity index (χ4v) is 2.70. The largest absolute Gasteiger partial charge is 0.363 e. The van der Waals surface area contributed by atoms with Crippen molar-refractivity contribution in [1.29, 1.82) is 0 Å². The molecular weight excluding hydrogens is 312 g/mol. The third-order valence-electron chi connectivity index (χ3n) is 4.03. The first kappa shape index (κ1) is 15.3. The van der Waals surface area contributed by atoms with Crippen molar-refractivity contribution < 1.29 is 0 Å². The molecule has 3 heterocycles. The van der Waals surface area contributed by atoms with Gasteiger partial charge in [-0.2, -0.15) is 0 Å². The second-order valence-electron chi connectivity index (χ2n) is 6.14. The summed E-state index contributed by atoms with van der Waals surface area (Å²) in [5.41, 5.74) is 3.86. The van der Waals surface area contributed by atoms with Crippen molar-refractivity contribution >= 4 is 16.7 Å². The van der Waals surface area contributed by atoms with Gasteiger partial charge in [-0.1, -0.05) is 23.4 Å². The molecule has 124 valence electrons. The van der Waals surface area contributed by atoms with Gasteiger partial charge in [-0.25, -0.2) is 9.67 Å². The summed E-state index contributed by atoms with van der Waals surface area (Å²) in [5, 5.41) is 9.61. The summed E-state index contributed by atoms with van der Waals surface area (Å²) in [4.78, 5) is 10.9. The van der Waals surface area contributed by atoms with Gasteiger partial charge in [0.1, 0.15) is 11.5 Å². The topological polar surface area (TPSA) is 59.7 Å². The van der Waals surface area contributed by atoms with Crippen LogP contribution in [0.2, 0.25) is 0 Å². The van der Waals surface area contributed by atoms with Gasteiger partial charge in [-0.3, -0.25) is 4.98 Å². The van der Waals surface area contributed by atoms with Crippen LogP contribution in [0.25, 0.3) is 22.2 Å². The predicted molar refractivity (Wildman–Crippen MR) is 98.4 cm³/mol. The Bertz CT molecular complexity index is 1000. The molecule has 0 spiro atoms. The maximum absolute atomic E-state index is 4.49. The van der Waals surface area contributed by atoms with E-state index in [9.17, 15) is 0 Å². The van der Waals surface area contributed by atoms with E-state index in [1.54, 1.807) is 0 Å². The maximum Gasteiger partial charge on any atom is 0.127 e. The molecule has 0 aliphatic heterocycles. The smallest absolute Gasteiger partial charge is 0.127 e. The van der Waals surface area contributed by atoms with Gasteiger partial charge in [0.25, 0.3) is 0 Å². The van der Waals surface area contributed by atoms with Crippen molar-refractivity contribution in [2.75, 3.05) is 19.0 Å². The summed E-state index contributed by atoms with van der Waals surface area (Å²) >= 11 is 0. The third-order valence-corrected chi connectivity index (χ3v) is 4.03. The molecule has 6 heteroatoms. The fraction of sp³-hybridized carbons (Fsp3) is 0.158. The van der Waals surface area contributed by atoms with Gasteiger partial charge in [0.15, 0.2) is 0 Å². The SMILES string of the molecule is CN(C)c1ccc(-c2cn(Cc3cnc4ccccc4c3)nn2)cn1. The lowest BCUT2D eigenvalue weighted by atomic mass is 10.1. The van der Waals surface area contributed by atoms with Gasteiger partial charge in [0.2, 0.25) is 0 Å². The maximum atomic E-state index is 4.49. The zero-order chi connectivity index (χ0) is 17.2. The minimum Gasteiger partial charge on any atom is -0.363 e. The van der Waals surface area contributed by atoms with Crippen LogP contribution < -0.4 is 4.90 Å². The number of benzene rings is 1. The van der Waals surface area contributed by atoms with Crippen LogP contribution in [-0.4, -0.2) is 39.1 Å². The molecule has 6 nitrogen and oxygen atoms in total. The number of fused-ring (bicyclic) bond motifs is 1. The number of pyridine rings is 2. The molecule has 0 fully saturated rings. The minimum absolute atomic E-state index is 0.633. The van der Waals surface area contributed by atoms with Crippen molar-refractivity contribution in [1.82, 2.24) is 25.0 Å². The van der Waals surface area contributed by atoms with E-state index in [-0.39, 0.29) is 0 Å². The molecule has 0 saturated carbocycles. The molecule has 3 aromatic heterocycles. The lowest BCUT2D eigenvalue weighted by Crippen LogP contribution is -2.09. The van der Waals surface area contributed by atoms with Crippen LogP contribution in [0.15, 0.2) is 61.1 Å². The summed E-state index contributed by atoms with van der Waals surface area (Å²) in [6.07, 6.45) is 5.64. The summed E-state index contributed by atoms with van der Waals surface area (Å²) in [6, 6.07) is 14.2. The van der Waals surface area contributed by atoms with E-state index in [1.165, 1.54) is 0 Å². The number of hydrogen-bond acceptors (Lipinski definition) is 5. The average molecular weight is 330 g/mol. The normalized spacial score (nSPS) is 11.0. The Labute approximate surface area is 145 Å². The molecule has 4 aromatic rings. The van der Waals surface area contributed by atoms with E-state index in [0.717, 1.165) is 33.5 Å². The van der Waals surface area contributed by atoms with E-state index < -0.39 is 0 Å². The van der Waals surface area contributed by atoms with Crippen LogP contribution in [0, 0.1) is 0 Å².